The molecular weight excluding hydrogens is 302 g/mol. The number of hydrogen-bond acceptors (Lipinski definition) is 4. The van der Waals surface area contributed by atoms with Gasteiger partial charge < -0.3 is 15.6 Å². The molecule has 0 saturated heterocycles. The van der Waals surface area contributed by atoms with E-state index in [0.29, 0.717) is 22.9 Å². The van der Waals surface area contributed by atoms with Gasteiger partial charge >= 0.3 is 0 Å². The van der Waals surface area contributed by atoms with Crippen molar-refractivity contribution in [1.82, 2.24) is 0 Å². The minimum absolute atomic E-state index is 0.0768. The van der Waals surface area contributed by atoms with Crippen LogP contribution >= 0.6 is 24.0 Å². The van der Waals surface area contributed by atoms with E-state index in [2.05, 4.69) is 0 Å². The second kappa shape index (κ2) is 7.45. The number of thiocarbonyl (C=S) groups is 1. The van der Waals surface area contributed by atoms with E-state index in [1.807, 2.05) is 48.7 Å². The fraction of sp³-hybridized carbons (Fsp3) is 0.188. The first-order valence-corrected chi connectivity index (χ1v) is 8.14. The summed E-state index contributed by atoms with van der Waals surface area (Å²) >= 11 is 6.72. The van der Waals surface area contributed by atoms with Crippen LogP contribution in [0.15, 0.2) is 47.4 Å². The maximum absolute atomic E-state index is 9.14. The summed E-state index contributed by atoms with van der Waals surface area (Å²) in [6.45, 7) is 0.0768. The molecule has 0 radical (unpaired) electrons. The van der Waals surface area contributed by atoms with Gasteiger partial charge in [-0.05, 0) is 36.4 Å². The molecule has 0 aliphatic rings. The van der Waals surface area contributed by atoms with Crippen molar-refractivity contribution in [3.63, 3.8) is 0 Å². The van der Waals surface area contributed by atoms with Gasteiger partial charge in [0.25, 0.3) is 0 Å². The summed E-state index contributed by atoms with van der Waals surface area (Å²) in [5.41, 5.74) is 7.54. The molecule has 21 heavy (non-hydrogen) atoms. The highest BCUT2D eigenvalue weighted by Crippen LogP contribution is 2.33. The van der Waals surface area contributed by atoms with Crippen molar-refractivity contribution in [2.24, 2.45) is 5.73 Å². The van der Waals surface area contributed by atoms with Crippen LogP contribution in [0.3, 0.4) is 0 Å². The summed E-state index contributed by atoms with van der Waals surface area (Å²) in [4.78, 5) is 1.30. The molecule has 5 heteroatoms. The molecule has 3 N–H and O–H groups in total. The monoisotopic (exact) mass is 319 g/mol. The fourth-order valence-corrected chi connectivity index (χ4v) is 2.96. The predicted molar refractivity (Wildman–Crippen MR) is 91.4 cm³/mol. The zero-order valence-electron chi connectivity index (χ0n) is 11.7. The Bertz CT molecular complexity index is 644. The minimum atomic E-state index is 0.0768. The summed E-state index contributed by atoms with van der Waals surface area (Å²) in [6, 6.07) is 13.4. The number of aliphatic hydroxyl groups is 1. The third-order valence-corrected chi connectivity index (χ3v) is 4.01. The molecule has 2 aromatic carbocycles. The van der Waals surface area contributed by atoms with Crippen LogP contribution < -0.4 is 10.5 Å². The van der Waals surface area contributed by atoms with Gasteiger partial charge in [-0.3, -0.25) is 0 Å². The summed E-state index contributed by atoms with van der Waals surface area (Å²) in [7, 11) is 0. The number of aliphatic hydroxyl groups excluding tert-OH is 1. The molecule has 0 aliphatic heterocycles. The number of benzene rings is 2. The van der Waals surface area contributed by atoms with E-state index in [9.17, 15) is 0 Å². The Morgan fingerprint density at radius 2 is 1.90 bits per heavy atom. The van der Waals surface area contributed by atoms with Crippen LogP contribution in [-0.4, -0.2) is 23.0 Å². The predicted octanol–water partition coefficient (Wildman–Crippen LogP) is 3.37. The maximum Gasteiger partial charge on any atom is 0.138 e. The van der Waals surface area contributed by atoms with Crippen molar-refractivity contribution in [3.8, 4) is 11.5 Å². The number of thioether (sulfide) groups is 1. The first kappa shape index (κ1) is 15.8. The molecule has 0 amide bonds. The second-order valence-electron chi connectivity index (χ2n) is 4.38. The SMILES string of the molecule is CSc1cccc(Oc2ccccc2CCO)c1C(N)=S. The van der Waals surface area contributed by atoms with E-state index in [4.69, 9.17) is 27.8 Å². The highest BCUT2D eigenvalue weighted by molar-refractivity contribution is 7.98. The largest absolute Gasteiger partial charge is 0.456 e. The zero-order chi connectivity index (χ0) is 15.2. The molecule has 0 aromatic heterocycles. The Morgan fingerprint density at radius 1 is 1.19 bits per heavy atom. The quantitative estimate of drug-likeness (QED) is 0.631. The second-order valence-corrected chi connectivity index (χ2v) is 5.67. The van der Waals surface area contributed by atoms with Crippen LogP contribution in [0.2, 0.25) is 0 Å². The number of ether oxygens (including phenoxy) is 1. The topological polar surface area (TPSA) is 55.5 Å². The van der Waals surface area contributed by atoms with Gasteiger partial charge in [-0.15, -0.1) is 11.8 Å². The van der Waals surface area contributed by atoms with Crippen molar-refractivity contribution < 1.29 is 9.84 Å². The molecule has 0 fully saturated rings. The molecule has 0 saturated carbocycles. The lowest BCUT2D eigenvalue weighted by atomic mass is 10.1. The molecule has 0 unspecified atom stereocenters. The lowest BCUT2D eigenvalue weighted by molar-refractivity contribution is 0.298. The van der Waals surface area contributed by atoms with E-state index in [-0.39, 0.29) is 6.61 Å². The summed E-state index contributed by atoms with van der Waals surface area (Å²) in [5, 5.41) is 9.14. The van der Waals surface area contributed by atoms with Gasteiger partial charge in [0.15, 0.2) is 0 Å². The molecule has 3 nitrogen and oxygen atoms in total. The van der Waals surface area contributed by atoms with Crippen LogP contribution in [0.25, 0.3) is 0 Å². The van der Waals surface area contributed by atoms with E-state index in [1.54, 1.807) is 11.8 Å². The van der Waals surface area contributed by atoms with Crippen LogP contribution in [-0.2, 0) is 6.42 Å². The average Bonchev–Trinajstić information content (AvgIpc) is 2.49. The number of nitrogens with two attached hydrogens (primary N) is 1. The lowest BCUT2D eigenvalue weighted by Crippen LogP contribution is -2.12. The molecule has 0 heterocycles. The van der Waals surface area contributed by atoms with Crippen molar-refractivity contribution >= 4 is 29.0 Å². The van der Waals surface area contributed by atoms with Gasteiger partial charge in [-0.1, -0.05) is 36.5 Å². The van der Waals surface area contributed by atoms with Gasteiger partial charge in [0.1, 0.15) is 16.5 Å². The number of hydrogen-bond donors (Lipinski definition) is 2. The Kier molecular flexibility index (Phi) is 5.61. The van der Waals surface area contributed by atoms with E-state index >= 15 is 0 Å². The zero-order valence-corrected chi connectivity index (χ0v) is 13.3. The van der Waals surface area contributed by atoms with E-state index in [1.165, 1.54) is 0 Å². The molecule has 2 rings (SSSR count). The van der Waals surface area contributed by atoms with E-state index in [0.717, 1.165) is 16.0 Å². The van der Waals surface area contributed by atoms with Crippen LogP contribution in [0.4, 0.5) is 0 Å². The van der Waals surface area contributed by atoms with Crippen molar-refractivity contribution in [2.75, 3.05) is 12.9 Å². The number of para-hydroxylation sites is 1. The molecule has 0 aliphatic carbocycles. The smallest absolute Gasteiger partial charge is 0.138 e. The lowest BCUT2D eigenvalue weighted by Gasteiger charge is -2.15. The third-order valence-electron chi connectivity index (χ3n) is 3.03. The first-order chi connectivity index (χ1) is 10.2. The van der Waals surface area contributed by atoms with E-state index < -0.39 is 0 Å². The summed E-state index contributed by atoms with van der Waals surface area (Å²) in [6.07, 6.45) is 2.52. The van der Waals surface area contributed by atoms with Gasteiger partial charge in [-0.25, -0.2) is 0 Å². The Morgan fingerprint density at radius 3 is 2.57 bits per heavy atom. The fourth-order valence-electron chi connectivity index (χ4n) is 2.06. The molecular formula is C16H17NO2S2. The van der Waals surface area contributed by atoms with Crippen LogP contribution in [0.5, 0.6) is 11.5 Å². The van der Waals surface area contributed by atoms with Crippen molar-refractivity contribution in [2.45, 2.75) is 11.3 Å². The first-order valence-electron chi connectivity index (χ1n) is 6.50. The van der Waals surface area contributed by atoms with Crippen LogP contribution in [0, 0.1) is 0 Å². The highest BCUT2D eigenvalue weighted by atomic mass is 32.2. The van der Waals surface area contributed by atoms with Gasteiger partial charge in [0.2, 0.25) is 0 Å². The number of rotatable bonds is 6. The summed E-state index contributed by atoms with van der Waals surface area (Å²) < 4.78 is 6.01. The molecule has 0 atom stereocenters. The normalized spacial score (nSPS) is 10.4. The molecule has 110 valence electrons. The third kappa shape index (κ3) is 3.75. The van der Waals surface area contributed by atoms with Gasteiger partial charge in [0, 0.05) is 11.5 Å². The highest BCUT2D eigenvalue weighted by Gasteiger charge is 2.13. The van der Waals surface area contributed by atoms with Crippen LogP contribution in [0.1, 0.15) is 11.1 Å². The Hall–Kier alpha value is -1.56. The van der Waals surface area contributed by atoms with Crippen molar-refractivity contribution in [3.05, 3.63) is 53.6 Å². The average molecular weight is 319 g/mol. The molecule has 2 aromatic rings. The van der Waals surface area contributed by atoms with Gasteiger partial charge in [-0.2, -0.15) is 0 Å². The maximum atomic E-state index is 9.14. The Labute approximate surface area is 134 Å². The Balaban J connectivity index is 2.42. The minimum Gasteiger partial charge on any atom is -0.456 e. The molecule has 0 bridgehead atoms. The van der Waals surface area contributed by atoms with Gasteiger partial charge in [0.05, 0.1) is 5.56 Å². The molecule has 0 spiro atoms. The standard InChI is InChI=1S/C16H17NO2S2/c1-21-14-8-4-7-13(15(14)16(17)20)19-12-6-3-2-5-11(12)9-10-18/h2-8,18H,9-10H2,1H3,(H2,17,20). The van der Waals surface area contributed by atoms with Crippen molar-refractivity contribution in [1.29, 1.82) is 0 Å². The summed E-state index contributed by atoms with van der Waals surface area (Å²) in [5.74, 6) is 1.35.